The summed E-state index contributed by atoms with van der Waals surface area (Å²) in [5, 5.41) is 24.2. The van der Waals surface area contributed by atoms with E-state index in [9.17, 15) is 9.59 Å². The molecule has 0 bridgehead atoms. The van der Waals surface area contributed by atoms with Crippen molar-refractivity contribution in [1.82, 2.24) is 62.3 Å². The minimum absolute atomic E-state index is 0.202. The Morgan fingerprint density at radius 1 is 0.442 bits per heavy atom. The van der Waals surface area contributed by atoms with Crippen molar-refractivity contribution in [3.05, 3.63) is 144 Å². The van der Waals surface area contributed by atoms with Gasteiger partial charge in [0.25, 0.3) is 0 Å². The zero-order valence-electron chi connectivity index (χ0n) is 60.3. The van der Waals surface area contributed by atoms with E-state index in [1.165, 1.54) is 0 Å². The molecule has 0 radical (unpaired) electrons. The zero-order chi connectivity index (χ0) is 74.7. The lowest BCUT2D eigenvalue weighted by Gasteiger charge is -2.39. The van der Waals surface area contributed by atoms with Crippen molar-refractivity contribution >= 4 is 92.7 Å². The van der Waals surface area contributed by atoms with Crippen molar-refractivity contribution in [1.29, 1.82) is 0 Å². The highest BCUT2D eigenvalue weighted by atomic mass is 16.2. The van der Waals surface area contributed by atoms with Gasteiger partial charge in [-0.15, -0.1) is 0 Å². The molecule has 0 spiro atoms. The number of carbonyl (C=O) groups excluding carboxylic acids is 12. The van der Waals surface area contributed by atoms with E-state index in [1.807, 2.05) is 0 Å². The van der Waals surface area contributed by atoms with Crippen LogP contribution in [0.2, 0.25) is 0 Å². The van der Waals surface area contributed by atoms with E-state index in [-0.39, 0.29) is 37.8 Å². The van der Waals surface area contributed by atoms with Gasteiger partial charge in [-0.3, -0.25) is 57.5 Å². The second-order valence-electron chi connectivity index (χ2n) is 28.5. The highest BCUT2D eigenvalue weighted by Crippen LogP contribution is 2.31. The number of nitrogens with two attached hydrogens (primary N) is 2. The number of para-hydroxylation sites is 2. The van der Waals surface area contributed by atoms with Gasteiger partial charge in [0.1, 0.15) is 61.4 Å². The molecular formula is C78H102N14O12. The van der Waals surface area contributed by atoms with Crippen LogP contribution in [-0.4, -0.2) is 164 Å². The first-order chi connectivity index (χ1) is 49.9. The first-order valence-corrected chi connectivity index (χ1v) is 36.7. The maximum Gasteiger partial charge on any atom is 0.246 e. The number of rotatable bonds is 22. The zero-order valence-corrected chi connectivity index (χ0v) is 60.3. The Morgan fingerprint density at radius 3 is 1.12 bits per heavy atom. The molecule has 1 aliphatic heterocycles. The molecule has 9 rings (SSSR count). The van der Waals surface area contributed by atoms with Crippen molar-refractivity contribution in [2.45, 2.75) is 217 Å². The monoisotopic (exact) mass is 1430 g/mol. The van der Waals surface area contributed by atoms with E-state index in [0.29, 0.717) is 69.7 Å². The molecule has 1 saturated heterocycles. The molecule has 12 atom stereocenters. The number of hydrogen-bond donors (Lipinski definition) is 12. The Hall–Kier alpha value is -10.4. The number of aromatic amines is 2. The number of aromatic nitrogens is 2. The average Bonchev–Trinajstić information content (AvgIpc) is 0.988. The van der Waals surface area contributed by atoms with Gasteiger partial charge in [0.2, 0.25) is 70.9 Å². The van der Waals surface area contributed by atoms with E-state index in [2.05, 4.69) is 52.5 Å². The number of nitrogens with one attached hydrogen (secondary N) is 10. The molecule has 556 valence electrons. The number of carbonyl (C=O) groups is 12. The van der Waals surface area contributed by atoms with Crippen LogP contribution in [0.1, 0.15) is 166 Å². The standard InChI is InChI=1S/C78H102N14O12/c1-7-45(3)67-77(103)91(69(47(5)49-25-13-9-14-26-49)75(101)83-53-29-17-11-18-30-53)43-65(95)85-60(38-52-42-82-58-36-24-22-34-56(52)58)72(98)88-62(40-64(80)94)74(100)90-68(46(4)8-2)78(104)92(70(48(6)50-27-15-10-16-28-50)76(102)84-54-31-19-12-20-32-54)44-66(96)86-59(37-51-41-81-57-35-23-21-33-55(51)57)71(97)87-61(39-63(79)93)73(99)89-67/h9-10,13-16,21-28,33-36,41-42,45-48,53-54,59-62,67-70,81-82H,7-8,11-12,17-20,29-32,37-40,43-44H2,1-6H3,(H2,79,93)(H2,80,94)(H,83,101)(H,84,102)(H,85,95)(H,86,96)(H,87,97)(H,88,98)(H,89,99)(H,90,100)/t45-,46-,47?,48?,59-,60-,61-,62-,67-,68-,69?,70?/m0/s1. The van der Waals surface area contributed by atoms with Gasteiger partial charge in [0, 0.05) is 71.0 Å². The first kappa shape index (κ1) is 77.8. The maximum atomic E-state index is 16.3. The third-order valence-corrected chi connectivity index (χ3v) is 21.0. The normalized spacial score (nSPS) is 22.6. The molecule has 3 fully saturated rings. The van der Waals surface area contributed by atoms with Crippen molar-refractivity contribution in [2.24, 2.45) is 23.3 Å². The fraction of sp³-hybridized carbons (Fsp3) is 0.487. The van der Waals surface area contributed by atoms with E-state index >= 15 is 47.9 Å². The summed E-state index contributed by atoms with van der Waals surface area (Å²) in [6.07, 6.45) is 9.18. The van der Waals surface area contributed by atoms with Gasteiger partial charge in [-0.2, -0.15) is 0 Å². The summed E-state index contributed by atoms with van der Waals surface area (Å²) in [7, 11) is 0. The molecule has 4 aromatic carbocycles. The maximum absolute atomic E-state index is 16.3. The Morgan fingerprint density at radius 2 is 0.779 bits per heavy atom. The van der Waals surface area contributed by atoms with Gasteiger partial charge in [0.15, 0.2) is 0 Å². The molecule has 3 heterocycles. The number of amides is 12. The van der Waals surface area contributed by atoms with Crippen LogP contribution in [-0.2, 0) is 70.4 Å². The fourth-order valence-electron chi connectivity index (χ4n) is 14.7. The summed E-state index contributed by atoms with van der Waals surface area (Å²) in [5.74, 6) is -14.7. The third kappa shape index (κ3) is 20.1. The van der Waals surface area contributed by atoms with E-state index in [1.54, 1.807) is 163 Å². The van der Waals surface area contributed by atoms with Crippen LogP contribution >= 0.6 is 0 Å². The molecule has 2 aliphatic carbocycles. The summed E-state index contributed by atoms with van der Waals surface area (Å²) in [5.41, 5.74) is 15.4. The average molecular weight is 1430 g/mol. The highest BCUT2D eigenvalue weighted by Gasteiger charge is 2.46. The van der Waals surface area contributed by atoms with Crippen LogP contribution in [0.15, 0.2) is 122 Å². The second-order valence-corrected chi connectivity index (χ2v) is 28.5. The predicted octanol–water partition coefficient (Wildman–Crippen LogP) is 5.10. The molecule has 12 amide bonds. The molecule has 2 aromatic heterocycles. The number of benzene rings is 4. The minimum Gasteiger partial charge on any atom is -0.370 e. The quantitative estimate of drug-likeness (QED) is 0.0423. The van der Waals surface area contributed by atoms with Crippen LogP contribution in [0, 0.1) is 11.8 Å². The molecule has 2 saturated carbocycles. The molecule has 3 aliphatic rings. The van der Waals surface area contributed by atoms with Gasteiger partial charge < -0.3 is 73.8 Å². The van der Waals surface area contributed by atoms with Gasteiger partial charge in [-0.05, 0) is 71.9 Å². The second kappa shape index (κ2) is 36.7. The summed E-state index contributed by atoms with van der Waals surface area (Å²) < 4.78 is 0. The Kier molecular flexibility index (Phi) is 27.4. The van der Waals surface area contributed by atoms with Crippen LogP contribution in [0.25, 0.3) is 21.8 Å². The smallest absolute Gasteiger partial charge is 0.246 e. The molecular weight excluding hydrogens is 1320 g/mol. The molecule has 14 N–H and O–H groups in total. The Balaban J connectivity index is 1.22. The van der Waals surface area contributed by atoms with Crippen molar-refractivity contribution in [2.75, 3.05) is 13.1 Å². The van der Waals surface area contributed by atoms with E-state index in [4.69, 9.17) is 11.5 Å². The topological polar surface area (TPSA) is 391 Å². The number of primary amides is 2. The van der Waals surface area contributed by atoms with Gasteiger partial charge >= 0.3 is 0 Å². The lowest BCUT2D eigenvalue weighted by Crippen LogP contribution is -2.64. The van der Waals surface area contributed by atoms with Gasteiger partial charge in [0.05, 0.1) is 12.8 Å². The van der Waals surface area contributed by atoms with Crippen molar-refractivity contribution in [3.8, 4) is 0 Å². The minimum atomic E-state index is -1.85. The van der Waals surface area contributed by atoms with Gasteiger partial charge in [-0.1, -0.05) is 190 Å². The summed E-state index contributed by atoms with van der Waals surface area (Å²) in [6, 6.07) is 18.2. The van der Waals surface area contributed by atoms with Crippen LogP contribution in [0.4, 0.5) is 0 Å². The lowest BCUT2D eigenvalue weighted by molar-refractivity contribution is -0.149. The van der Waals surface area contributed by atoms with E-state index < -0.39 is 169 Å². The van der Waals surface area contributed by atoms with Crippen LogP contribution in [0.5, 0.6) is 0 Å². The lowest BCUT2D eigenvalue weighted by atomic mass is 9.88. The number of H-pyrrole nitrogens is 2. The van der Waals surface area contributed by atoms with Crippen molar-refractivity contribution < 1.29 is 57.5 Å². The summed E-state index contributed by atoms with van der Waals surface area (Å²) in [4.78, 5) is 191. The molecule has 4 unspecified atom stereocenters. The number of fused-ring (bicyclic) bond motifs is 2. The van der Waals surface area contributed by atoms with Crippen LogP contribution in [0.3, 0.4) is 0 Å². The molecule has 26 heteroatoms. The summed E-state index contributed by atoms with van der Waals surface area (Å²) in [6.45, 7) is 8.41. The summed E-state index contributed by atoms with van der Waals surface area (Å²) >= 11 is 0. The van der Waals surface area contributed by atoms with Crippen molar-refractivity contribution in [3.63, 3.8) is 0 Å². The molecule has 104 heavy (non-hydrogen) atoms. The largest absolute Gasteiger partial charge is 0.370 e. The van der Waals surface area contributed by atoms with E-state index in [0.717, 1.165) is 48.3 Å². The third-order valence-electron chi connectivity index (χ3n) is 21.0. The molecule has 26 nitrogen and oxygen atoms in total. The highest BCUT2D eigenvalue weighted by molar-refractivity contribution is 6.02. The fourth-order valence-corrected chi connectivity index (χ4v) is 14.7. The Bertz CT molecular complexity index is 3760. The number of hydrogen-bond acceptors (Lipinski definition) is 12. The SMILES string of the molecule is CC[C@H](C)[C@@H]1NC(=O)[C@H](CC(N)=O)NC(=O)[C@H](Cc2c[nH]c3ccccc23)NC(=O)CN(C(C(=O)NC2CCCCC2)C(C)c2ccccc2)C(=O)[C@H]([C@@H](C)CC)NC(=O)[C@H](CC(N)=O)NC(=O)[C@H](Cc2c[nH]c3ccccc23)NC(=O)CN(C(C(=O)NC2CCCCC2)C(C)c2ccccc2)C1=O. The Labute approximate surface area is 606 Å². The predicted molar refractivity (Wildman–Crippen MR) is 393 cm³/mol. The number of nitrogens with zero attached hydrogens (tertiary/aromatic N) is 2. The molecule has 6 aromatic rings. The van der Waals surface area contributed by atoms with Gasteiger partial charge in [-0.25, -0.2) is 0 Å². The first-order valence-electron chi connectivity index (χ1n) is 36.7. The van der Waals surface area contributed by atoms with Crippen LogP contribution < -0.4 is 54.0 Å².